The van der Waals surface area contributed by atoms with Gasteiger partial charge in [-0.25, -0.2) is 0 Å². The van der Waals surface area contributed by atoms with E-state index in [4.69, 9.17) is 69.4 Å². The van der Waals surface area contributed by atoms with Crippen LogP contribution in [0.2, 0.25) is 0 Å². The summed E-state index contributed by atoms with van der Waals surface area (Å²) >= 11 is 16.7. The molecule has 1 aliphatic rings. The number of ether oxygens (including phenoxy) is 5. The summed E-state index contributed by atoms with van der Waals surface area (Å²) in [6.07, 6.45) is -5.60. The number of azide groups is 1. The zero-order valence-corrected chi connectivity index (χ0v) is 17.6. The van der Waals surface area contributed by atoms with Gasteiger partial charge in [-0.05, 0) is 5.53 Å². The van der Waals surface area contributed by atoms with Crippen LogP contribution in [0.5, 0.6) is 0 Å². The van der Waals surface area contributed by atoms with Crippen molar-refractivity contribution >= 4 is 58.6 Å². The van der Waals surface area contributed by atoms with Crippen LogP contribution in [0.4, 0.5) is 0 Å². The maximum atomic E-state index is 11.6. The lowest BCUT2D eigenvalue weighted by Crippen LogP contribution is -2.61. The molecular formula is C14H17Cl3N4O8. The maximum Gasteiger partial charge on any atom is 0.303 e. The molecule has 3 unspecified atom stereocenters. The molecule has 0 aromatic rings. The van der Waals surface area contributed by atoms with Gasteiger partial charge in [0.25, 0.3) is 3.79 Å². The lowest BCUT2D eigenvalue weighted by atomic mass is 9.97. The van der Waals surface area contributed by atoms with Crippen molar-refractivity contribution < 1.29 is 38.1 Å². The molecule has 29 heavy (non-hydrogen) atoms. The number of nitrogens with one attached hydrogen (secondary N) is 1. The minimum atomic E-state index is -2.28. The summed E-state index contributed by atoms with van der Waals surface area (Å²) in [7, 11) is 0. The predicted molar refractivity (Wildman–Crippen MR) is 98.4 cm³/mol. The first-order chi connectivity index (χ1) is 13.4. The van der Waals surface area contributed by atoms with E-state index in [1.807, 2.05) is 0 Å². The second-order valence-electron chi connectivity index (χ2n) is 5.63. The van der Waals surface area contributed by atoms with Gasteiger partial charge < -0.3 is 23.7 Å². The second-order valence-corrected chi connectivity index (χ2v) is 7.92. The molecule has 0 amide bonds. The molecule has 1 saturated heterocycles. The van der Waals surface area contributed by atoms with Gasteiger partial charge in [0.15, 0.2) is 12.2 Å². The number of carbonyl (C=O) groups is 3. The lowest BCUT2D eigenvalue weighted by Gasteiger charge is -2.43. The normalized spacial score (nSPS) is 26.5. The first-order valence-electron chi connectivity index (χ1n) is 7.86. The standard InChI is InChI=1S/C14H17Cl3N4O8/c1-5(22)25-4-8-10(26-6(2)23)11(27-7(3)24)9(20-21-19)12(28-8)29-13(18)14(15,16)17/h8-12,18H,4H2,1-3H3/t8?,9?,10-,11?,12-/m1/s1. The molecule has 162 valence electrons. The van der Waals surface area contributed by atoms with Crippen molar-refractivity contribution in [3.8, 4) is 0 Å². The van der Waals surface area contributed by atoms with E-state index >= 15 is 0 Å². The van der Waals surface area contributed by atoms with E-state index in [1.54, 1.807) is 0 Å². The van der Waals surface area contributed by atoms with E-state index in [1.165, 1.54) is 0 Å². The van der Waals surface area contributed by atoms with Crippen LogP contribution >= 0.6 is 34.8 Å². The summed E-state index contributed by atoms with van der Waals surface area (Å²) in [5.41, 5.74) is 8.89. The molecule has 0 saturated carbocycles. The zero-order valence-electron chi connectivity index (χ0n) is 15.3. The van der Waals surface area contributed by atoms with E-state index in [0.717, 1.165) is 20.8 Å². The number of hydrogen-bond donors (Lipinski definition) is 1. The Hall–Kier alpha value is -1.98. The largest absolute Gasteiger partial charge is 0.463 e. The average molecular weight is 476 g/mol. The fraction of sp³-hybridized carbons (Fsp3) is 0.714. The molecule has 1 fully saturated rings. The molecule has 1 heterocycles. The molecule has 0 spiro atoms. The van der Waals surface area contributed by atoms with Crippen molar-refractivity contribution in [1.29, 1.82) is 5.41 Å². The third-order valence-corrected chi connectivity index (χ3v) is 3.86. The monoisotopic (exact) mass is 474 g/mol. The first kappa shape index (κ1) is 25.1. The maximum absolute atomic E-state index is 11.6. The third-order valence-electron chi connectivity index (χ3n) is 3.35. The molecule has 12 nitrogen and oxygen atoms in total. The van der Waals surface area contributed by atoms with Gasteiger partial charge in [0, 0.05) is 25.7 Å². The van der Waals surface area contributed by atoms with Crippen molar-refractivity contribution in [2.75, 3.05) is 6.61 Å². The third kappa shape index (κ3) is 7.75. The van der Waals surface area contributed by atoms with E-state index in [0.29, 0.717) is 0 Å². The zero-order chi connectivity index (χ0) is 22.4. The quantitative estimate of drug-likeness (QED) is 0.0890. The van der Waals surface area contributed by atoms with Crippen molar-refractivity contribution in [2.45, 2.75) is 55.2 Å². The molecule has 0 bridgehead atoms. The summed E-state index contributed by atoms with van der Waals surface area (Å²) in [5, 5.41) is 11.1. The molecule has 5 atom stereocenters. The summed E-state index contributed by atoms with van der Waals surface area (Å²) < 4.78 is 23.6. The van der Waals surface area contributed by atoms with Crippen molar-refractivity contribution in [3.63, 3.8) is 0 Å². The summed E-state index contributed by atoms with van der Waals surface area (Å²) in [6, 6.07) is -1.45. The van der Waals surface area contributed by atoms with Gasteiger partial charge in [-0.15, -0.1) is 0 Å². The van der Waals surface area contributed by atoms with Gasteiger partial charge in [-0.2, -0.15) is 0 Å². The number of hydrogen-bond acceptors (Lipinski definition) is 10. The number of alkyl halides is 3. The van der Waals surface area contributed by atoms with Gasteiger partial charge in [0.1, 0.15) is 18.8 Å². The molecule has 0 aliphatic carbocycles. The van der Waals surface area contributed by atoms with Crippen LogP contribution in [0.25, 0.3) is 10.4 Å². The molecule has 0 radical (unpaired) electrons. The fourth-order valence-corrected chi connectivity index (χ4v) is 2.48. The van der Waals surface area contributed by atoms with Crippen LogP contribution in [0, 0.1) is 5.41 Å². The number of carbonyl (C=O) groups excluding carboxylic acids is 3. The number of nitrogens with zero attached hydrogens (tertiary/aromatic N) is 3. The molecule has 0 aromatic carbocycles. The van der Waals surface area contributed by atoms with Crippen LogP contribution in [-0.4, -0.2) is 64.8 Å². The molecule has 1 rings (SSSR count). The Morgan fingerprint density at radius 3 is 2.07 bits per heavy atom. The Balaban J connectivity index is 3.35. The molecule has 1 N–H and O–H groups in total. The Labute approximate surface area is 179 Å². The highest BCUT2D eigenvalue weighted by Gasteiger charge is 2.52. The van der Waals surface area contributed by atoms with Gasteiger partial charge >= 0.3 is 17.9 Å². The van der Waals surface area contributed by atoms with E-state index in [9.17, 15) is 14.4 Å². The van der Waals surface area contributed by atoms with Gasteiger partial charge in [0.05, 0.1) is 0 Å². The van der Waals surface area contributed by atoms with Crippen LogP contribution < -0.4 is 0 Å². The smallest absolute Gasteiger partial charge is 0.303 e. The number of esters is 3. The average Bonchev–Trinajstić information content (AvgIpc) is 2.56. The number of rotatable bonds is 6. The van der Waals surface area contributed by atoms with E-state index in [2.05, 4.69) is 10.0 Å². The summed E-state index contributed by atoms with van der Waals surface area (Å²) in [6.45, 7) is 2.82. The highest BCUT2D eigenvalue weighted by Crippen LogP contribution is 2.33. The molecule has 1 aliphatic heterocycles. The second kappa shape index (κ2) is 10.7. The van der Waals surface area contributed by atoms with E-state index < -0.39 is 64.8 Å². The van der Waals surface area contributed by atoms with Gasteiger partial charge in [0.2, 0.25) is 12.2 Å². The highest BCUT2D eigenvalue weighted by molar-refractivity contribution is 6.76. The number of halogens is 3. The SMILES string of the molecule is CC(=O)OCC1O[C@H](OC(=N)C(Cl)(Cl)Cl)C(N=[N+]=[N-])C(OC(C)=O)[C@@H]1OC(C)=O. The van der Waals surface area contributed by atoms with E-state index in [-0.39, 0.29) is 0 Å². The summed E-state index contributed by atoms with van der Waals surface area (Å²) in [5.74, 6) is -3.16. The molecule has 0 aromatic heterocycles. The minimum absolute atomic E-state index is 0.449. The summed E-state index contributed by atoms with van der Waals surface area (Å²) in [4.78, 5) is 36.9. The van der Waals surface area contributed by atoms with Crippen LogP contribution in [0.1, 0.15) is 20.8 Å². The molecular weight excluding hydrogens is 459 g/mol. The highest BCUT2D eigenvalue weighted by atomic mass is 35.6. The predicted octanol–water partition coefficient (Wildman–Crippen LogP) is 2.18. The topological polar surface area (TPSA) is 170 Å². The Bertz CT molecular complexity index is 709. The van der Waals surface area contributed by atoms with Crippen molar-refractivity contribution in [3.05, 3.63) is 10.4 Å². The minimum Gasteiger partial charge on any atom is -0.463 e. The Morgan fingerprint density at radius 1 is 1.07 bits per heavy atom. The van der Waals surface area contributed by atoms with Crippen molar-refractivity contribution in [2.24, 2.45) is 5.11 Å². The van der Waals surface area contributed by atoms with Gasteiger partial charge in [-0.1, -0.05) is 39.9 Å². The van der Waals surface area contributed by atoms with Crippen molar-refractivity contribution in [1.82, 2.24) is 0 Å². The lowest BCUT2D eigenvalue weighted by molar-refractivity contribution is -0.256. The first-order valence-corrected chi connectivity index (χ1v) is 9.00. The van der Waals surface area contributed by atoms with Crippen LogP contribution in [-0.2, 0) is 38.1 Å². The van der Waals surface area contributed by atoms with Gasteiger partial charge in [-0.3, -0.25) is 19.8 Å². The Morgan fingerprint density at radius 2 is 1.62 bits per heavy atom. The molecule has 15 heteroatoms. The fourth-order valence-electron chi connectivity index (χ4n) is 2.35. The van der Waals surface area contributed by atoms with Crippen LogP contribution in [0.3, 0.4) is 0 Å². The van der Waals surface area contributed by atoms with Crippen LogP contribution in [0.15, 0.2) is 5.11 Å². The Kier molecular flexibility index (Phi) is 9.24.